The first kappa shape index (κ1) is 12.1. The molecule has 1 aromatic carbocycles. The van der Waals surface area contributed by atoms with Crippen molar-refractivity contribution in [2.75, 3.05) is 12.3 Å². The Kier molecular flexibility index (Phi) is 3.17. The van der Waals surface area contributed by atoms with E-state index in [2.05, 4.69) is 41.2 Å². The molecule has 1 aliphatic heterocycles. The minimum Gasteiger partial charge on any atom is -0.383 e. The van der Waals surface area contributed by atoms with Gasteiger partial charge in [-0.25, -0.2) is 9.97 Å². The molecular formula is C15H17N3O. The van der Waals surface area contributed by atoms with Gasteiger partial charge in [-0.1, -0.05) is 29.8 Å². The zero-order valence-corrected chi connectivity index (χ0v) is 11.0. The number of aromatic nitrogens is 2. The van der Waals surface area contributed by atoms with E-state index in [4.69, 9.17) is 10.5 Å². The Morgan fingerprint density at radius 1 is 1.32 bits per heavy atom. The third-order valence-electron chi connectivity index (χ3n) is 3.35. The smallest absolute Gasteiger partial charge is 0.135 e. The van der Waals surface area contributed by atoms with Gasteiger partial charge in [0.2, 0.25) is 0 Å². The van der Waals surface area contributed by atoms with Crippen LogP contribution in [0.4, 0.5) is 5.82 Å². The predicted octanol–water partition coefficient (Wildman–Crippen LogP) is 2.03. The second-order valence-corrected chi connectivity index (χ2v) is 4.92. The number of hydrogen-bond acceptors (Lipinski definition) is 4. The molecule has 0 spiro atoms. The molecule has 2 heterocycles. The van der Waals surface area contributed by atoms with Crippen molar-refractivity contribution in [3.63, 3.8) is 0 Å². The lowest BCUT2D eigenvalue weighted by Gasteiger charge is -2.17. The Labute approximate surface area is 112 Å². The quantitative estimate of drug-likeness (QED) is 0.892. The summed E-state index contributed by atoms with van der Waals surface area (Å²) in [4.78, 5) is 9.03. The van der Waals surface area contributed by atoms with Crippen LogP contribution in [0.3, 0.4) is 0 Å². The van der Waals surface area contributed by atoms with E-state index in [0.29, 0.717) is 19.0 Å². The minimum atomic E-state index is 0.534. The molecule has 0 fully saturated rings. The zero-order valence-electron chi connectivity index (χ0n) is 11.0. The maximum Gasteiger partial charge on any atom is 0.135 e. The van der Waals surface area contributed by atoms with Gasteiger partial charge in [-0.3, -0.25) is 0 Å². The Bertz CT molecular complexity index is 610. The maximum absolute atomic E-state index is 5.99. The van der Waals surface area contributed by atoms with Gasteiger partial charge >= 0.3 is 0 Å². The predicted molar refractivity (Wildman–Crippen MR) is 73.8 cm³/mol. The van der Waals surface area contributed by atoms with Crippen LogP contribution < -0.4 is 5.73 Å². The number of fused-ring (bicyclic) bond motifs is 1. The average Bonchev–Trinajstić information content (AvgIpc) is 2.39. The highest BCUT2D eigenvalue weighted by Gasteiger charge is 2.16. The summed E-state index contributed by atoms with van der Waals surface area (Å²) >= 11 is 0. The van der Waals surface area contributed by atoms with E-state index in [0.717, 1.165) is 29.9 Å². The number of aryl methyl sites for hydroxylation is 1. The lowest BCUT2D eigenvalue weighted by molar-refractivity contribution is 0.109. The summed E-state index contributed by atoms with van der Waals surface area (Å²) in [5.41, 5.74) is 10.5. The summed E-state index contributed by atoms with van der Waals surface area (Å²) in [6, 6.07) is 8.39. The molecule has 1 aromatic heterocycles. The highest BCUT2D eigenvalue weighted by atomic mass is 16.5. The average molecular weight is 255 g/mol. The monoisotopic (exact) mass is 255 g/mol. The molecule has 0 radical (unpaired) electrons. The van der Waals surface area contributed by atoms with Gasteiger partial charge in [0.15, 0.2) is 0 Å². The van der Waals surface area contributed by atoms with Crippen LogP contribution in [0.2, 0.25) is 0 Å². The topological polar surface area (TPSA) is 61.0 Å². The summed E-state index contributed by atoms with van der Waals surface area (Å²) in [6.07, 6.45) is 1.54. The van der Waals surface area contributed by atoms with Crippen molar-refractivity contribution in [3.8, 4) is 0 Å². The van der Waals surface area contributed by atoms with E-state index in [-0.39, 0.29) is 0 Å². The molecule has 98 valence electrons. The molecule has 0 aliphatic carbocycles. The van der Waals surface area contributed by atoms with Crippen molar-refractivity contribution >= 4 is 5.82 Å². The lowest BCUT2D eigenvalue weighted by atomic mass is 10.1. The summed E-state index contributed by atoms with van der Waals surface area (Å²) in [6.45, 7) is 3.34. The second kappa shape index (κ2) is 4.97. The highest BCUT2D eigenvalue weighted by molar-refractivity contribution is 5.43. The van der Waals surface area contributed by atoms with E-state index in [1.807, 2.05) is 0 Å². The first-order valence-corrected chi connectivity index (χ1v) is 6.50. The van der Waals surface area contributed by atoms with Gasteiger partial charge in [-0.2, -0.15) is 0 Å². The Morgan fingerprint density at radius 3 is 3.05 bits per heavy atom. The maximum atomic E-state index is 5.99. The van der Waals surface area contributed by atoms with Crippen LogP contribution in [0, 0.1) is 6.92 Å². The highest BCUT2D eigenvalue weighted by Crippen LogP contribution is 2.20. The summed E-state index contributed by atoms with van der Waals surface area (Å²) < 4.78 is 5.39. The first-order valence-electron chi connectivity index (χ1n) is 6.50. The summed E-state index contributed by atoms with van der Waals surface area (Å²) in [7, 11) is 0. The van der Waals surface area contributed by atoms with Crippen molar-refractivity contribution < 1.29 is 4.74 Å². The van der Waals surface area contributed by atoms with Gasteiger partial charge in [-0.15, -0.1) is 0 Å². The van der Waals surface area contributed by atoms with Gasteiger partial charge in [0.1, 0.15) is 11.6 Å². The summed E-state index contributed by atoms with van der Waals surface area (Å²) in [5.74, 6) is 1.36. The van der Waals surface area contributed by atoms with Gasteiger partial charge in [0.25, 0.3) is 0 Å². The van der Waals surface area contributed by atoms with E-state index < -0.39 is 0 Å². The molecule has 4 heteroatoms. The number of hydrogen-bond donors (Lipinski definition) is 1. The van der Waals surface area contributed by atoms with Gasteiger partial charge in [0.05, 0.1) is 18.9 Å². The molecule has 2 N–H and O–H groups in total. The van der Waals surface area contributed by atoms with Gasteiger partial charge in [-0.05, 0) is 12.5 Å². The molecule has 0 bridgehead atoms. The van der Waals surface area contributed by atoms with Crippen LogP contribution >= 0.6 is 0 Å². The van der Waals surface area contributed by atoms with Crippen LogP contribution in [-0.2, 0) is 24.2 Å². The van der Waals surface area contributed by atoms with E-state index in [9.17, 15) is 0 Å². The Balaban J connectivity index is 1.91. The number of anilines is 1. The van der Waals surface area contributed by atoms with E-state index in [1.165, 1.54) is 11.1 Å². The minimum absolute atomic E-state index is 0.534. The van der Waals surface area contributed by atoms with E-state index in [1.54, 1.807) is 0 Å². The largest absolute Gasteiger partial charge is 0.383 e. The molecule has 0 saturated heterocycles. The zero-order chi connectivity index (χ0) is 13.2. The van der Waals surface area contributed by atoms with Gasteiger partial charge < -0.3 is 10.5 Å². The number of rotatable bonds is 2. The molecular weight excluding hydrogens is 238 g/mol. The Morgan fingerprint density at radius 2 is 2.21 bits per heavy atom. The Hall–Kier alpha value is -1.94. The lowest BCUT2D eigenvalue weighted by Crippen LogP contribution is -2.17. The fraction of sp³-hybridized carbons (Fsp3) is 0.333. The normalized spacial score (nSPS) is 14.2. The third-order valence-corrected chi connectivity index (χ3v) is 3.35. The van der Waals surface area contributed by atoms with Crippen molar-refractivity contribution in [1.29, 1.82) is 0 Å². The first-order chi connectivity index (χ1) is 9.22. The van der Waals surface area contributed by atoms with Crippen LogP contribution in [0.15, 0.2) is 24.3 Å². The number of ether oxygens (including phenoxy) is 1. The van der Waals surface area contributed by atoms with Crippen LogP contribution in [0.5, 0.6) is 0 Å². The van der Waals surface area contributed by atoms with Crippen LogP contribution in [0.1, 0.15) is 28.2 Å². The number of nitrogens with zero attached hydrogens (tertiary/aromatic N) is 2. The molecule has 1 aliphatic rings. The van der Waals surface area contributed by atoms with Crippen LogP contribution in [0.25, 0.3) is 0 Å². The molecule has 0 atom stereocenters. The number of benzene rings is 1. The molecule has 3 rings (SSSR count). The molecule has 0 amide bonds. The molecule has 2 aromatic rings. The standard InChI is InChI=1S/C15H17N3O/c1-10-3-2-4-11(7-10)8-14-17-13-5-6-19-9-12(13)15(16)18-14/h2-4,7H,5-6,8-9H2,1H3,(H2,16,17,18). The van der Waals surface area contributed by atoms with Gasteiger partial charge in [0, 0.05) is 18.4 Å². The third kappa shape index (κ3) is 2.58. The van der Waals surface area contributed by atoms with Crippen molar-refractivity contribution in [1.82, 2.24) is 9.97 Å². The number of nitrogen functional groups attached to an aromatic ring is 1. The molecule has 4 nitrogen and oxygen atoms in total. The number of nitrogens with two attached hydrogens (primary N) is 1. The van der Waals surface area contributed by atoms with Crippen molar-refractivity contribution in [3.05, 3.63) is 52.5 Å². The molecule has 19 heavy (non-hydrogen) atoms. The van der Waals surface area contributed by atoms with Crippen molar-refractivity contribution in [2.24, 2.45) is 0 Å². The fourth-order valence-corrected chi connectivity index (χ4v) is 2.39. The second-order valence-electron chi connectivity index (χ2n) is 4.92. The van der Waals surface area contributed by atoms with Crippen molar-refractivity contribution in [2.45, 2.75) is 26.4 Å². The SMILES string of the molecule is Cc1cccc(Cc2nc(N)c3c(n2)CCOC3)c1. The molecule has 0 unspecified atom stereocenters. The molecule has 0 saturated carbocycles. The fourth-order valence-electron chi connectivity index (χ4n) is 2.39. The van der Waals surface area contributed by atoms with E-state index >= 15 is 0 Å². The summed E-state index contributed by atoms with van der Waals surface area (Å²) in [5, 5.41) is 0. The van der Waals surface area contributed by atoms with Crippen LogP contribution in [-0.4, -0.2) is 16.6 Å².